The van der Waals surface area contributed by atoms with Gasteiger partial charge < -0.3 is 10.4 Å². The summed E-state index contributed by atoms with van der Waals surface area (Å²) in [4.78, 5) is 21.7. The molecule has 0 aliphatic carbocycles. The molecule has 0 aliphatic heterocycles. The van der Waals surface area contributed by atoms with E-state index in [-0.39, 0.29) is 0 Å². The maximum atomic E-state index is 12.5. The highest BCUT2D eigenvalue weighted by molar-refractivity contribution is 5.93. The van der Waals surface area contributed by atoms with Crippen molar-refractivity contribution in [3.63, 3.8) is 0 Å². The van der Waals surface area contributed by atoms with E-state index < -0.39 is 23.6 Å². The molecule has 1 amide bonds. The second-order valence-electron chi connectivity index (χ2n) is 3.30. The van der Waals surface area contributed by atoms with Gasteiger partial charge in [-0.2, -0.15) is 13.2 Å². The number of carbonyl (C=O) groups is 2. The summed E-state index contributed by atoms with van der Waals surface area (Å²) in [6.45, 7) is 2.04. The first-order valence-electron chi connectivity index (χ1n) is 4.56. The first-order chi connectivity index (χ1) is 7.65. The molecule has 1 atom stereocenters. The molecule has 0 aliphatic rings. The molecule has 1 unspecified atom stereocenters. The Balaban J connectivity index is 4.92. The minimum Gasteiger partial charge on any atom is -0.479 e. The Hall–Kier alpha value is -1.79. The molecule has 7 heteroatoms. The van der Waals surface area contributed by atoms with Crippen molar-refractivity contribution in [2.75, 3.05) is 0 Å². The third-order valence-corrected chi connectivity index (χ3v) is 1.92. The number of amides is 1. The Morgan fingerprint density at radius 3 is 2.12 bits per heavy atom. The lowest BCUT2D eigenvalue weighted by atomic mass is 10.0. The van der Waals surface area contributed by atoms with Crippen molar-refractivity contribution in [2.24, 2.45) is 0 Å². The first-order valence-corrected chi connectivity index (χ1v) is 4.56. The van der Waals surface area contributed by atoms with Gasteiger partial charge in [0.05, 0.1) is 0 Å². The molecule has 0 radical (unpaired) electrons. The zero-order valence-corrected chi connectivity index (χ0v) is 9.21. The Kier molecular flexibility index (Phi) is 4.93. The molecule has 0 rings (SSSR count). The molecule has 0 bridgehead atoms. The number of hydrogen-bond acceptors (Lipinski definition) is 2. The zero-order valence-electron chi connectivity index (χ0n) is 9.21. The summed E-state index contributed by atoms with van der Waals surface area (Å²) in [5.41, 5.74) is -3.30. The number of allylic oxidation sites excluding steroid dienone is 3. The van der Waals surface area contributed by atoms with Crippen LogP contribution in [0.2, 0.25) is 0 Å². The molecule has 0 aromatic heterocycles. The van der Waals surface area contributed by atoms with E-state index in [4.69, 9.17) is 5.11 Å². The second-order valence-corrected chi connectivity index (χ2v) is 3.30. The molecule has 0 fully saturated rings. The van der Waals surface area contributed by atoms with Crippen LogP contribution >= 0.6 is 0 Å². The van der Waals surface area contributed by atoms with Gasteiger partial charge in [-0.25, -0.2) is 4.79 Å². The van der Waals surface area contributed by atoms with Crippen molar-refractivity contribution < 1.29 is 27.9 Å². The molecular formula is C10H12F3NO3. The van der Waals surface area contributed by atoms with E-state index in [1.54, 1.807) is 13.0 Å². The lowest BCUT2D eigenvalue weighted by molar-refractivity contribution is -0.206. The third-order valence-electron chi connectivity index (χ3n) is 1.92. The van der Waals surface area contributed by atoms with Crippen LogP contribution < -0.4 is 5.32 Å². The van der Waals surface area contributed by atoms with E-state index in [1.165, 1.54) is 17.5 Å². The van der Waals surface area contributed by atoms with Gasteiger partial charge in [0, 0.05) is 6.08 Å². The fourth-order valence-corrected chi connectivity index (χ4v) is 0.788. The maximum absolute atomic E-state index is 12.5. The summed E-state index contributed by atoms with van der Waals surface area (Å²) >= 11 is 0. The number of carboxylic acid groups (broad SMARTS) is 1. The second kappa shape index (κ2) is 5.51. The minimum atomic E-state index is -5.08. The van der Waals surface area contributed by atoms with E-state index >= 15 is 0 Å². The van der Waals surface area contributed by atoms with Crippen LogP contribution in [0.3, 0.4) is 0 Å². The average molecular weight is 251 g/mol. The van der Waals surface area contributed by atoms with Gasteiger partial charge in [-0.05, 0) is 13.8 Å². The van der Waals surface area contributed by atoms with Crippen LogP contribution in [-0.2, 0) is 9.59 Å². The summed E-state index contributed by atoms with van der Waals surface area (Å²) in [5, 5.41) is 9.92. The number of halogens is 3. The fraction of sp³-hybridized carbons (Fsp3) is 0.400. The molecule has 17 heavy (non-hydrogen) atoms. The molecule has 2 N–H and O–H groups in total. The molecule has 0 aromatic rings. The minimum absolute atomic E-state index is 0.386. The van der Waals surface area contributed by atoms with Crippen LogP contribution in [0.5, 0.6) is 0 Å². The summed E-state index contributed by atoms with van der Waals surface area (Å²) in [6, 6.07) is 0. The van der Waals surface area contributed by atoms with Crippen LogP contribution in [0.1, 0.15) is 13.8 Å². The predicted octanol–water partition coefficient (Wildman–Crippen LogP) is 1.64. The van der Waals surface area contributed by atoms with Crippen molar-refractivity contribution in [2.45, 2.75) is 25.6 Å². The van der Waals surface area contributed by atoms with Gasteiger partial charge in [0.25, 0.3) is 0 Å². The molecule has 0 saturated heterocycles. The average Bonchev–Trinajstić information content (AvgIpc) is 2.15. The predicted molar refractivity (Wildman–Crippen MR) is 54.2 cm³/mol. The van der Waals surface area contributed by atoms with Gasteiger partial charge in [-0.15, -0.1) is 0 Å². The molecule has 0 heterocycles. The number of nitrogens with one attached hydrogen (secondary N) is 1. The molecule has 4 nitrogen and oxygen atoms in total. The molecule has 96 valence electrons. The van der Waals surface area contributed by atoms with Crippen LogP contribution in [0.4, 0.5) is 13.2 Å². The standard InChI is InChI=1S/C10H12F3NO3/c1-3-4-5-6-7(15)14-9(2,8(16)17)10(11,12)13/h3-6H,1-2H3,(H,14,15)(H,16,17). The van der Waals surface area contributed by atoms with E-state index in [0.29, 0.717) is 6.92 Å². The number of hydrogen-bond donors (Lipinski definition) is 2. The van der Waals surface area contributed by atoms with E-state index in [9.17, 15) is 22.8 Å². The van der Waals surface area contributed by atoms with Crippen molar-refractivity contribution in [1.82, 2.24) is 5.32 Å². The van der Waals surface area contributed by atoms with Crippen LogP contribution in [-0.4, -0.2) is 28.7 Å². The molecular weight excluding hydrogens is 239 g/mol. The van der Waals surface area contributed by atoms with Crippen molar-refractivity contribution in [1.29, 1.82) is 0 Å². The third kappa shape index (κ3) is 3.93. The van der Waals surface area contributed by atoms with Gasteiger partial charge in [-0.1, -0.05) is 18.2 Å². The first kappa shape index (κ1) is 15.2. The van der Waals surface area contributed by atoms with Crippen LogP contribution in [0.25, 0.3) is 0 Å². The van der Waals surface area contributed by atoms with Crippen LogP contribution in [0.15, 0.2) is 24.3 Å². The smallest absolute Gasteiger partial charge is 0.422 e. The molecule has 0 saturated carbocycles. The fourth-order valence-electron chi connectivity index (χ4n) is 0.788. The van der Waals surface area contributed by atoms with Gasteiger partial charge in [-0.3, -0.25) is 4.79 Å². The molecule has 0 spiro atoms. The highest BCUT2D eigenvalue weighted by Crippen LogP contribution is 2.30. The summed E-state index contributed by atoms with van der Waals surface area (Å²) in [6.07, 6.45) is -0.0843. The Labute approximate surface area is 95.8 Å². The quantitative estimate of drug-likeness (QED) is 0.589. The van der Waals surface area contributed by atoms with E-state index in [0.717, 1.165) is 6.08 Å². The van der Waals surface area contributed by atoms with Gasteiger partial charge in [0.1, 0.15) is 0 Å². The largest absolute Gasteiger partial charge is 0.479 e. The topological polar surface area (TPSA) is 66.4 Å². The van der Waals surface area contributed by atoms with Gasteiger partial charge >= 0.3 is 12.1 Å². The SMILES string of the molecule is CC=CC=CC(=O)NC(C)(C(=O)O)C(F)(F)F. The normalized spacial score (nSPS) is 16.1. The van der Waals surface area contributed by atoms with Gasteiger partial charge in [0.15, 0.2) is 0 Å². The zero-order chi connectivity index (χ0) is 13.7. The highest BCUT2D eigenvalue weighted by Gasteiger charge is 2.58. The summed E-state index contributed by atoms with van der Waals surface area (Å²) in [5.74, 6) is -3.30. The van der Waals surface area contributed by atoms with E-state index in [2.05, 4.69) is 0 Å². The van der Waals surface area contributed by atoms with Gasteiger partial charge in [0.2, 0.25) is 11.4 Å². The lowest BCUT2D eigenvalue weighted by Crippen LogP contribution is -2.61. The number of rotatable bonds is 4. The maximum Gasteiger partial charge on any atom is 0.422 e. The lowest BCUT2D eigenvalue weighted by Gasteiger charge is -2.27. The van der Waals surface area contributed by atoms with Crippen molar-refractivity contribution >= 4 is 11.9 Å². The summed E-state index contributed by atoms with van der Waals surface area (Å²) < 4.78 is 37.4. The number of carboxylic acids is 1. The Morgan fingerprint density at radius 1 is 1.24 bits per heavy atom. The summed E-state index contributed by atoms with van der Waals surface area (Å²) in [7, 11) is 0. The monoisotopic (exact) mass is 251 g/mol. The number of carbonyl (C=O) groups excluding carboxylic acids is 1. The number of alkyl halides is 3. The highest BCUT2D eigenvalue weighted by atomic mass is 19.4. The Bertz CT molecular complexity index is 360. The number of aliphatic carboxylic acids is 1. The van der Waals surface area contributed by atoms with Crippen molar-refractivity contribution in [3.8, 4) is 0 Å². The Morgan fingerprint density at radius 2 is 1.76 bits per heavy atom. The molecule has 0 aromatic carbocycles. The van der Waals surface area contributed by atoms with E-state index in [1.807, 2.05) is 0 Å². The van der Waals surface area contributed by atoms with Crippen molar-refractivity contribution in [3.05, 3.63) is 24.3 Å². The van der Waals surface area contributed by atoms with Crippen LogP contribution in [0, 0.1) is 0 Å².